The summed E-state index contributed by atoms with van der Waals surface area (Å²) >= 11 is 0. The molecule has 38 heavy (non-hydrogen) atoms. The fraction of sp³-hybridized carbons (Fsp3) is 0. The molecule has 0 amide bonds. The predicted octanol–water partition coefficient (Wildman–Crippen LogP) is 8.34. The molecule has 0 aliphatic rings. The van der Waals surface area contributed by atoms with Crippen LogP contribution in [0.5, 0.6) is 0 Å². The maximum absolute atomic E-state index is 4.76. The van der Waals surface area contributed by atoms with E-state index < -0.39 is 0 Å². The van der Waals surface area contributed by atoms with Crippen molar-refractivity contribution in [3.8, 4) is 22.8 Å². The summed E-state index contributed by atoms with van der Waals surface area (Å²) < 4.78 is 4.57. The number of rotatable bonds is 3. The van der Waals surface area contributed by atoms with Crippen molar-refractivity contribution in [1.29, 1.82) is 0 Å². The molecule has 0 spiro atoms. The fourth-order valence-electron chi connectivity index (χ4n) is 5.67. The van der Waals surface area contributed by atoms with Gasteiger partial charge in [-0.2, -0.15) is 0 Å². The number of para-hydroxylation sites is 2. The minimum atomic E-state index is 0.724. The van der Waals surface area contributed by atoms with Gasteiger partial charge in [-0.3, -0.25) is 0 Å². The Morgan fingerprint density at radius 1 is 0.500 bits per heavy atom. The number of hydrogen-bond acceptors (Lipinski definition) is 2. The Hall–Kier alpha value is -5.22. The van der Waals surface area contributed by atoms with Crippen molar-refractivity contribution in [2.24, 2.45) is 0 Å². The predicted molar refractivity (Wildman–Crippen MR) is 156 cm³/mol. The van der Waals surface area contributed by atoms with Crippen LogP contribution >= 0.6 is 0 Å². The maximum atomic E-state index is 4.76. The summed E-state index contributed by atoms with van der Waals surface area (Å²) in [4.78, 5) is 9.52. The molecule has 5 aromatic carbocycles. The van der Waals surface area contributed by atoms with Crippen molar-refractivity contribution in [2.75, 3.05) is 0 Å². The van der Waals surface area contributed by atoms with E-state index in [9.17, 15) is 0 Å². The van der Waals surface area contributed by atoms with E-state index in [1.807, 2.05) is 42.7 Å². The van der Waals surface area contributed by atoms with Gasteiger partial charge in [-0.05, 0) is 41.8 Å². The SMILES string of the molecule is c1ccc(-c2ncc(-n3c4ccccc4c4ccc5cc6ccn(-c7ccccc7)c6cc5c43)cn2)cc1. The van der Waals surface area contributed by atoms with Crippen LogP contribution in [0.25, 0.3) is 66.2 Å². The first-order chi connectivity index (χ1) is 18.8. The lowest BCUT2D eigenvalue weighted by atomic mass is 10.0. The molecule has 0 bridgehead atoms. The second-order valence-electron chi connectivity index (χ2n) is 9.60. The summed E-state index contributed by atoms with van der Waals surface area (Å²) in [7, 11) is 0. The zero-order valence-corrected chi connectivity index (χ0v) is 20.5. The molecular formula is C34H22N4. The largest absolute Gasteiger partial charge is 0.317 e. The molecule has 0 aliphatic carbocycles. The van der Waals surface area contributed by atoms with Crippen LogP contribution in [-0.2, 0) is 0 Å². The van der Waals surface area contributed by atoms with E-state index >= 15 is 0 Å². The first-order valence-corrected chi connectivity index (χ1v) is 12.8. The molecule has 0 aliphatic heterocycles. The molecule has 0 atom stereocenters. The van der Waals surface area contributed by atoms with Crippen LogP contribution in [-0.4, -0.2) is 19.1 Å². The zero-order valence-electron chi connectivity index (χ0n) is 20.5. The van der Waals surface area contributed by atoms with Gasteiger partial charge in [0.05, 0.1) is 34.6 Å². The Balaban J connectivity index is 1.43. The molecule has 0 fully saturated rings. The summed E-state index contributed by atoms with van der Waals surface area (Å²) in [5.41, 5.74) is 6.60. The summed E-state index contributed by atoms with van der Waals surface area (Å²) in [6, 6.07) is 40.5. The van der Waals surface area contributed by atoms with E-state index in [1.54, 1.807) is 0 Å². The van der Waals surface area contributed by atoms with Crippen molar-refractivity contribution in [3.05, 3.63) is 134 Å². The van der Waals surface area contributed by atoms with Gasteiger partial charge >= 0.3 is 0 Å². The molecule has 4 nitrogen and oxygen atoms in total. The quantitative estimate of drug-likeness (QED) is 0.252. The molecular weight excluding hydrogens is 464 g/mol. The van der Waals surface area contributed by atoms with E-state index in [1.165, 1.54) is 38.0 Å². The minimum Gasteiger partial charge on any atom is -0.317 e. The highest BCUT2D eigenvalue weighted by atomic mass is 15.0. The molecule has 3 heterocycles. The van der Waals surface area contributed by atoms with Crippen LogP contribution in [0.1, 0.15) is 0 Å². The monoisotopic (exact) mass is 486 g/mol. The van der Waals surface area contributed by atoms with Crippen molar-refractivity contribution in [2.45, 2.75) is 0 Å². The van der Waals surface area contributed by atoms with Crippen LogP contribution in [0.3, 0.4) is 0 Å². The fourth-order valence-corrected chi connectivity index (χ4v) is 5.67. The summed E-state index contributed by atoms with van der Waals surface area (Å²) in [6.45, 7) is 0. The van der Waals surface area contributed by atoms with Gasteiger partial charge in [0.1, 0.15) is 0 Å². The third-order valence-electron chi connectivity index (χ3n) is 7.42. The van der Waals surface area contributed by atoms with E-state index in [0.717, 1.165) is 28.3 Å². The van der Waals surface area contributed by atoms with Crippen LogP contribution in [0.15, 0.2) is 134 Å². The molecule has 0 saturated heterocycles. The smallest absolute Gasteiger partial charge is 0.159 e. The Labute approximate surface area is 219 Å². The molecule has 0 N–H and O–H groups in total. The van der Waals surface area contributed by atoms with Crippen LogP contribution in [0.4, 0.5) is 0 Å². The average Bonchev–Trinajstić information content (AvgIpc) is 3.56. The average molecular weight is 487 g/mol. The Kier molecular flexibility index (Phi) is 4.49. The topological polar surface area (TPSA) is 35.6 Å². The van der Waals surface area contributed by atoms with Crippen molar-refractivity contribution in [3.63, 3.8) is 0 Å². The zero-order chi connectivity index (χ0) is 25.1. The van der Waals surface area contributed by atoms with Gasteiger partial charge in [-0.1, -0.05) is 78.9 Å². The minimum absolute atomic E-state index is 0.724. The molecule has 0 saturated carbocycles. The number of benzene rings is 5. The highest BCUT2D eigenvalue weighted by Crippen LogP contribution is 2.38. The third-order valence-corrected chi connectivity index (χ3v) is 7.42. The molecule has 0 unspecified atom stereocenters. The number of aromatic nitrogens is 4. The number of nitrogens with zero attached hydrogens (tertiary/aromatic N) is 4. The van der Waals surface area contributed by atoms with Gasteiger partial charge in [0.2, 0.25) is 0 Å². The van der Waals surface area contributed by atoms with Gasteiger partial charge in [-0.25, -0.2) is 9.97 Å². The number of fused-ring (bicyclic) bond motifs is 6. The maximum Gasteiger partial charge on any atom is 0.159 e. The summed E-state index contributed by atoms with van der Waals surface area (Å²) in [5, 5.41) is 6.07. The molecule has 4 heteroatoms. The van der Waals surface area contributed by atoms with Crippen LogP contribution < -0.4 is 0 Å². The second-order valence-corrected chi connectivity index (χ2v) is 9.60. The van der Waals surface area contributed by atoms with Gasteiger partial charge in [0, 0.05) is 39.0 Å². The lowest BCUT2D eigenvalue weighted by molar-refractivity contribution is 1.08. The van der Waals surface area contributed by atoms with E-state index in [0.29, 0.717) is 0 Å². The third kappa shape index (κ3) is 3.10. The van der Waals surface area contributed by atoms with E-state index in [4.69, 9.17) is 9.97 Å². The normalized spacial score (nSPS) is 11.7. The molecule has 3 aromatic heterocycles. The highest BCUT2D eigenvalue weighted by Gasteiger charge is 2.17. The molecule has 178 valence electrons. The number of hydrogen-bond donors (Lipinski definition) is 0. The molecule has 8 aromatic rings. The first-order valence-electron chi connectivity index (χ1n) is 12.8. The van der Waals surface area contributed by atoms with Crippen molar-refractivity contribution < 1.29 is 0 Å². The standard InChI is InChI=1S/C34H22N4/c1-3-9-23(10-4-1)34-35-21-27(22-36-34)38-31-14-8-7-13-28(31)29-16-15-24-19-25-17-18-37(26-11-5-2-6-12-26)32(25)20-30(24)33(29)38/h1-22H. The van der Waals surface area contributed by atoms with E-state index in [2.05, 4.69) is 100 Å². The van der Waals surface area contributed by atoms with E-state index in [-0.39, 0.29) is 0 Å². The Bertz CT molecular complexity index is 2100. The molecule has 8 rings (SSSR count). The first kappa shape index (κ1) is 20.9. The Morgan fingerprint density at radius 3 is 2.05 bits per heavy atom. The van der Waals surface area contributed by atoms with Gasteiger partial charge in [0.15, 0.2) is 5.82 Å². The second kappa shape index (κ2) is 8.15. The Morgan fingerprint density at radius 2 is 1.24 bits per heavy atom. The molecule has 0 radical (unpaired) electrons. The summed E-state index contributed by atoms with van der Waals surface area (Å²) in [5.74, 6) is 0.724. The lowest BCUT2D eigenvalue weighted by Gasteiger charge is -2.11. The van der Waals surface area contributed by atoms with Crippen molar-refractivity contribution in [1.82, 2.24) is 19.1 Å². The lowest BCUT2D eigenvalue weighted by Crippen LogP contribution is -1.98. The van der Waals surface area contributed by atoms with Crippen LogP contribution in [0, 0.1) is 0 Å². The summed E-state index contributed by atoms with van der Waals surface area (Å²) in [6.07, 6.45) is 6.03. The highest BCUT2D eigenvalue weighted by molar-refractivity contribution is 6.20. The van der Waals surface area contributed by atoms with Crippen molar-refractivity contribution >= 4 is 43.5 Å². The van der Waals surface area contributed by atoms with Gasteiger partial charge < -0.3 is 9.13 Å². The van der Waals surface area contributed by atoms with Crippen LogP contribution in [0.2, 0.25) is 0 Å². The van der Waals surface area contributed by atoms with Gasteiger partial charge in [0.25, 0.3) is 0 Å². The van der Waals surface area contributed by atoms with Gasteiger partial charge in [-0.15, -0.1) is 0 Å².